The molecule has 0 aromatic heterocycles. The SMILES string of the molecule is CC(C)N1C(=O)C2CC3C=CC3CC2C1=O. The first-order valence-corrected chi connectivity index (χ1v) is 6.15. The van der Waals surface area contributed by atoms with E-state index in [1.54, 1.807) is 0 Å². The number of amides is 2. The first-order valence-electron chi connectivity index (χ1n) is 6.15. The number of likely N-dealkylation sites (tertiary alicyclic amines) is 1. The summed E-state index contributed by atoms with van der Waals surface area (Å²) in [4.78, 5) is 25.8. The third-order valence-corrected chi connectivity index (χ3v) is 4.32. The van der Waals surface area contributed by atoms with E-state index in [9.17, 15) is 9.59 Å². The fourth-order valence-electron chi connectivity index (χ4n) is 3.37. The fourth-order valence-corrected chi connectivity index (χ4v) is 3.37. The Bertz CT molecular complexity index is 353. The summed E-state index contributed by atoms with van der Waals surface area (Å²) in [6.45, 7) is 3.83. The Hall–Kier alpha value is -1.12. The Kier molecular flexibility index (Phi) is 2.00. The molecule has 1 aliphatic heterocycles. The van der Waals surface area contributed by atoms with Gasteiger partial charge in [-0.1, -0.05) is 12.2 Å². The van der Waals surface area contributed by atoms with Crippen LogP contribution in [0, 0.1) is 23.7 Å². The second kappa shape index (κ2) is 3.19. The fraction of sp³-hybridized carbons (Fsp3) is 0.692. The van der Waals surface area contributed by atoms with E-state index in [4.69, 9.17) is 0 Å². The van der Waals surface area contributed by atoms with Crippen LogP contribution in [-0.2, 0) is 9.59 Å². The lowest BCUT2D eigenvalue weighted by Crippen LogP contribution is -2.37. The topological polar surface area (TPSA) is 37.4 Å². The molecule has 3 heteroatoms. The van der Waals surface area contributed by atoms with Crippen LogP contribution in [0.25, 0.3) is 0 Å². The van der Waals surface area contributed by atoms with Gasteiger partial charge in [-0.2, -0.15) is 0 Å². The normalized spacial score (nSPS) is 41.1. The summed E-state index contributed by atoms with van der Waals surface area (Å²) in [5.74, 6) is 1.21. The van der Waals surface area contributed by atoms with Crippen molar-refractivity contribution in [3.8, 4) is 0 Å². The molecule has 4 atom stereocenters. The quantitative estimate of drug-likeness (QED) is 0.496. The number of allylic oxidation sites excluding steroid dienone is 2. The minimum atomic E-state index is -0.0268. The van der Waals surface area contributed by atoms with Crippen molar-refractivity contribution in [2.24, 2.45) is 23.7 Å². The number of imide groups is 1. The standard InChI is InChI=1S/C13H17NO2/c1-7(2)14-12(15)10-5-8-3-4-9(8)6-11(10)13(14)16/h3-4,7-11H,5-6H2,1-2H3. The molecule has 2 amide bonds. The Morgan fingerprint density at radius 3 is 1.81 bits per heavy atom. The Labute approximate surface area is 95.5 Å². The maximum Gasteiger partial charge on any atom is 0.233 e. The zero-order valence-electron chi connectivity index (χ0n) is 9.72. The molecule has 0 N–H and O–H groups in total. The third kappa shape index (κ3) is 1.14. The zero-order chi connectivity index (χ0) is 11.4. The van der Waals surface area contributed by atoms with E-state index in [0.717, 1.165) is 12.8 Å². The molecule has 3 aliphatic rings. The maximum absolute atomic E-state index is 12.1. The van der Waals surface area contributed by atoms with Gasteiger partial charge in [0, 0.05) is 6.04 Å². The van der Waals surface area contributed by atoms with Crippen LogP contribution in [0.1, 0.15) is 26.7 Å². The predicted octanol–water partition coefficient (Wildman–Crippen LogP) is 1.59. The summed E-state index contributed by atoms with van der Waals surface area (Å²) in [6.07, 6.45) is 6.16. The van der Waals surface area contributed by atoms with Gasteiger partial charge in [-0.15, -0.1) is 0 Å². The van der Waals surface area contributed by atoms with Crippen molar-refractivity contribution in [2.45, 2.75) is 32.7 Å². The van der Waals surface area contributed by atoms with Gasteiger partial charge in [0.15, 0.2) is 0 Å². The highest BCUT2D eigenvalue weighted by molar-refractivity contribution is 6.05. The van der Waals surface area contributed by atoms with Crippen molar-refractivity contribution in [1.82, 2.24) is 4.90 Å². The zero-order valence-corrected chi connectivity index (χ0v) is 9.72. The molecule has 2 aliphatic carbocycles. The molecule has 16 heavy (non-hydrogen) atoms. The van der Waals surface area contributed by atoms with Crippen LogP contribution < -0.4 is 0 Å². The average Bonchev–Trinajstić information content (AvgIpc) is 2.41. The van der Waals surface area contributed by atoms with Gasteiger partial charge in [-0.3, -0.25) is 14.5 Å². The molecular weight excluding hydrogens is 202 g/mol. The van der Waals surface area contributed by atoms with E-state index in [0.29, 0.717) is 11.8 Å². The van der Waals surface area contributed by atoms with Crippen LogP contribution >= 0.6 is 0 Å². The summed E-state index contributed by atoms with van der Waals surface area (Å²) >= 11 is 0. The molecular formula is C13H17NO2. The van der Waals surface area contributed by atoms with Gasteiger partial charge in [0.25, 0.3) is 0 Å². The van der Waals surface area contributed by atoms with Crippen LogP contribution in [0.3, 0.4) is 0 Å². The highest BCUT2D eigenvalue weighted by Gasteiger charge is 2.53. The first-order chi connectivity index (χ1) is 7.59. The van der Waals surface area contributed by atoms with Crippen LogP contribution in [0.15, 0.2) is 12.2 Å². The number of nitrogens with zero attached hydrogens (tertiary/aromatic N) is 1. The molecule has 0 aromatic rings. The van der Waals surface area contributed by atoms with Gasteiger partial charge >= 0.3 is 0 Å². The lowest BCUT2D eigenvalue weighted by Gasteiger charge is -2.38. The number of carbonyl (C=O) groups excluding carboxylic acids is 2. The molecule has 3 rings (SSSR count). The monoisotopic (exact) mass is 219 g/mol. The van der Waals surface area contributed by atoms with Gasteiger partial charge in [-0.05, 0) is 38.5 Å². The largest absolute Gasteiger partial charge is 0.280 e. The molecule has 0 spiro atoms. The molecule has 3 nitrogen and oxygen atoms in total. The maximum atomic E-state index is 12.1. The number of rotatable bonds is 1. The summed E-state index contributed by atoms with van der Waals surface area (Å²) in [5.41, 5.74) is 0. The van der Waals surface area contributed by atoms with Gasteiger partial charge in [0.1, 0.15) is 0 Å². The Morgan fingerprint density at radius 2 is 1.50 bits per heavy atom. The number of hydrogen-bond acceptors (Lipinski definition) is 2. The molecule has 4 unspecified atom stereocenters. The second-order valence-corrected chi connectivity index (χ2v) is 5.54. The predicted molar refractivity (Wildman–Crippen MR) is 59.3 cm³/mol. The molecule has 1 heterocycles. The van der Waals surface area contributed by atoms with Crippen LogP contribution in [0.2, 0.25) is 0 Å². The smallest absolute Gasteiger partial charge is 0.233 e. The van der Waals surface area contributed by atoms with E-state index in [2.05, 4.69) is 12.2 Å². The summed E-state index contributed by atoms with van der Waals surface area (Å²) in [5, 5.41) is 0. The van der Waals surface area contributed by atoms with Crippen molar-refractivity contribution in [2.75, 3.05) is 0 Å². The summed E-state index contributed by atoms with van der Waals surface area (Å²) in [7, 11) is 0. The minimum absolute atomic E-state index is 0.0104. The van der Waals surface area contributed by atoms with E-state index >= 15 is 0 Å². The average molecular weight is 219 g/mol. The molecule has 0 radical (unpaired) electrons. The number of hydrogen-bond donors (Lipinski definition) is 0. The van der Waals surface area contributed by atoms with Gasteiger partial charge in [-0.25, -0.2) is 0 Å². The van der Waals surface area contributed by atoms with E-state index in [-0.39, 0.29) is 29.7 Å². The van der Waals surface area contributed by atoms with Gasteiger partial charge in [0.2, 0.25) is 11.8 Å². The highest BCUT2D eigenvalue weighted by Crippen LogP contribution is 2.48. The van der Waals surface area contributed by atoms with Crippen LogP contribution in [0.5, 0.6) is 0 Å². The lowest BCUT2D eigenvalue weighted by atomic mass is 9.64. The molecule has 0 bridgehead atoms. The molecule has 86 valence electrons. The van der Waals surface area contributed by atoms with E-state index in [1.807, 2.05) is 13.8 Å². The van der Waals surface area contributed by atoms with Crippen molar-refractivity contribution >= 4 is 11.8 Å². The molecule has 2 fully saturated rings. The van der Waals surface area contributed by atoms with Crippen molar-refractivity contribution < 1.29 is 9.59 Å². The second-order valence-electron chi connectivity index (χ2n) is 5.54. The van der Waals surface area contributed by atoms with Gasteiger partial charge < -0.3 is 0 Å². The Balaban J connectivity index is 1.89. The van der Waals surface area contributed by atoms with E-state index < -0.39 is 0 Å². The minimum Gasteiger partial charge on any atom is -0.280 e. The van der Waals surface area contributed by atoms with Crippen molar-refractivity contribution in [3.05, 3.63) is 12.2 Å². The first kappa shape index (κ1) is 10.1. The van der Waals surface area contributed by atoms with E-state index in [1.165, 1.54) is 4.90 Å². The van der Waals surface area contributed by atoms with Crippen molar-refractivity contribution in [3.63, 3.8) is 0 Å². The highest BCUT2D eigenvalue weighted by atomic mass is 16.2. The Morgan fingerprint density at radius 1 is 1.06 bits per heavy atom. The van der Waals surface area contributed by atoms with Crippen LogP contribution in [0.4, 0.5) is 0 Å². The number of fused-ring (bicyclic) bond motifs is 2. The van der Waals surface area contributed by atoms with Gasteiger partial charge in [0.05, 0.1) is 11.8 Å². The molecule has 1 saturated carbocycles. The summed E-state index contributed by atoms with van der Waals surface area (Å²) in [6, 6.07) is 0.0104. The lowest BCUT2D eigenvalue weighted by molar-refractivity contribution is -0.141. The van der Waals surface area contributed by atoms with Crippen molar-refractivity contribution in [1.29, 1.82) is 0 Å². The third-order valence-electron chi connectivity index (χ3n) is 4.32. The summed E-state index contributed by atoms with van der Waals surface area (Å²) < 4.78 is 0. The molecule has 0 aromatic carbocycles. The van der Waals surface area contributed by atoms with Crippen LogP contribution in [-0.4, -0.2) is 22.8 Å². The molecule has 1 saturated heterocycles. The number of carbonyl (C=O) groups is 2.